The maximum absolute atomic E-state index is 10.5. The Balaban J connectivity index is 1.54. The van der Waals surface area contributed by atoms with Crippen molar-refractivity contribution in [3.63, 3.8) is 0 Å². The Bertz CT molecular complexity index is 388. The van der Waals surface area contributed by atoms with Crippen LogP contribution in [0, 0.1) is 22.7 Å². The Morgan fingerprint density at radius 3 is 2.19 bits per heavy atom. The highest BCUT2D eigenvalue weighted by atomic mass is 16.5. The maximum atomic E-state index is 10.5. The predicted molar refractivity (Wildman–Crippen MR) is 83.0 cm³/mol. The average Bonchev–Trinajstić information content (AvgIpc) is 2.92. The smallest absolute Gasteiger partial charge is 0.0880 e. The molecule has 0 aromatic carbocycles. The summed E-state index contributed by atoms with van der Waals surface area (Å²) < 4.78 is 5.44. The summed E-state index contributed by atoms with van der Waals surface area (Å²) >= 11 is 0. The molecule has 0 aromatic rings. The molecular weight excluding hydrogens is 264 g/mol. The van der Waals surface area contributed by atoms with Crippen molar-refractivity contribution >= 4 is 0 Å². The van der Waals surface area contributed by atoms with E-state index in [1.165, 1.54) is 19.3 Å². The van der Waals surface area contributed by atoms with E-state index in [9.17, 15) is 10.2 Å². The minimum absolute atomic E-state index is 0.0894. The molecular formula is C18H32O3. The van der Waals surface area contributed by atoms with Crippen molar-refractivity contribution in [2.24, 2.45) is 22.7 Å². The topological polar surface area (TPSA) is 49.7 Å². The van der Waals surface area contributed by atoms with Crippen LogP contribution in [0.3, 0.4) is 0 Å². The van der Waals surface area contributed by atoms with E-state index in [1.54, 1.807) is 0 Å². The van der Waals surface area contributed by atoms with Crippen molar-refractivity contribution in [2.45, 2.75) is 77.4 Å². The molecule has 2 N–H and O–H groups in total. The number of fused-ring (bicyclic) bond motifs is 1. The number of ether oxygens (including phenoxy) is 1. The van der Waals surface area contributed by atoms with Gasteiger partial charge in [0, 0.05) is 17.4 Å². The molecule has 3 saturated carbocycles. The predicted octanol–water partition coefficient (Wildman–Crippen LogP) is 3.13. The molecule has 122 valence electrons. The van der Waals surface area contributed by atoms with Gasteiger partial charge < -0.3 is 14.9 Å². The fourth-order valence-electron chi connectivity index (χ4n) is 5.31. The third kappa shape index (κ3) is 2.46. The number of hydrogen-bond acceptors (Lipinski definition) is 3. The normalized spacial score (nSPS) is 53.3. The molecule has 1 unspecified atom stereocenters. The summed E-state index contributed by atoms with van der Waals surface area (Å²) in [5.74, 6) is 1.48. The molecule has 0 aromatic heterocycles. The second-order valence-electron chi connectivity index (χ2n) is 8.44. The summed E-state index contributed by atoms with van der Waals surface area (Å²) in [5.41, 5.74) is -0.235. The van der Waals surface area contributed by atoms with Crippen LogP contribution in [-0.2, 0) is 4.74 Å². The lowest BCUT2D eigenvalue weighted by Gasteiger charge is -2.42. The molecule has 3 nitrogen and oxygen atoms in total. The van der Waals surface area contributed by atoms with Gasteiger partial charge in [0.15, 0.2) is 0 Å². The maximum Gasteiger partial charge on any atom is 0.0880 e. The van der Waals surface area contributed by atoms with Crippen molar-refractivity contribution in [1.82, 2.24) is 0 Å². The summed E-state index contributed by atoms with van der Waals surface area (Å²) in [4.78, 5) is 0. The molecule has 3 rings (SSSR count). The summed E-state index contributed by atoms with van der Waals surface area (Å²) in [6.45, 7) is 7.70. The Hall–Kier alpha value is -0.120. The average molecular weight is 296 g/mol. The Kier molecular flexibility index (Phi) is 3.91. The van der Waals surface area contributed by atoms with Gasteiger partial charge in [-0.05, 0) is 63.7 Å². The highest BCUT2D eigenvalue weighted by Crippen LogP contribution is 2.72. The van der Waals surface area contributed by atoms with Gasteiger partial charge in [0.2, 0.25) is 0 Å². The lowest BCUT2D eigenvalue weighted by Crippen LogP contribution is -2.40. The molecule has 4 atom stereocenters. The van der Waals surface area contributed by atoms with Crippen molar-refractivity contribution in [3.8, 4) is 0 Å². The molecule has 0 aliphatic heterocycles. The number of aliphatic hydroxyl groups excluding tert-OH is 1. The molecule has 21 heavy (non-hydrogen) atoms. The lowest BCUT2D eigenvalue weighted by atomic mass is 9.66. The minimum atomic E-state index is -0.585. The molecule has 3 heteroatoms. The van der Waals surface area contributed by atoms with Crippen LogP contribution in [0.4, 0.5) is 0 Å². The fraction of sp³-hybridized carbons (Fsp3) is 1.00. The number of hydrogen-bond donors (Lipinski definition) is 2. The van der Waals surface area contributed by atoms with Gasteiger partial charge in [0.25, 0.3) is 0 Å². The van der Waals surface area contributed by atoms with Crippen LogP contribution < -0.4 is 0 Å². The third-order valence-electron chi connectivity index (χ3n) is 7.35. The van der Waals surface area contributed by atoms with E-state index >= 15 is 0 Å². The second kappa shape index (κ2) is 5.21. The largest absolute Gasteiger partial charge is 0.392 e. The highest BCUT2D eigenvalue weighted by Gasteiger charge is 2.72. The molecule has 0 saturated heterocycles. The Labute approximate surface area is 129 Å². The first-order valence-electron chi connectivity index (χ1n) is 8.83. The van der Waals surface area contributed by atoms with E-state index in [-0.39, 0.29) is 16.9 Å². The van der Waals surface area contributed by atoms with E-state index in [2.05, 4.69) is 13.8 Å². The van der Waals surface area contributed by atoms with Gasteiger partial charge in [-0.3, -0.25) is 0 Å². The third-order valence-corrected chi connectivity index (χ3v) is 7.35. The highest BCUT2D eigenvalue weighted by molar-refractivity contribution is 5.20. The summed E-state index contributed by atoms with van der Waals surface area (Å²) in [7, 11) is 0. The van der Waals surface area contributed by atoms with E-state index < -0.39 is 5.60 Å². The standard InChI is InChI=1S/C18H32O3/c1-4-21-12-18(20)9-6-13(7-10-18)14-5-8-16(2)15(19)17(16,3)11-14/h13-15,19-20H,4-12H2,1-3H3/t13?,14-,15-,16?,17+,18?/m0/s1. The summed E-state index contributed by atoms with van der Waals surface area (Å²) in [6, 6.07) is 0. The van der Waals surface area contributed by atoms with Crippen LogP contribution in [0.1, 0.15) is 65.7 Å². The van der Waals surface area contributed by atoms with E-state index in [1.807, 2.05) is 6.92 Å². The first-order chi connectivity index (χ1) is 9.85. The molecule has 3 fully saturated rings. The van der Waals surface area contributed by atoms with Gasteiger partial charge >= 0.3 is 0 Å². The zero-order chi connectivity index (χ0) is 15.3. The summed E-state index contributed by atoms with van der Waals surface area (Å²) in [5, 5.41) is 20.8. The van der Waals surface area contributed by atoms with E-state index in [4.69, 9.17) is 4.74 Å². The number of rotatable bonds is 4. The first kappa shape index (κ1) is 15.8. The lowest BCUT2D eigenvalue weighted by molar-refractivity contribution is -0.0801. The molecule has 0 spiro atoms. The molecule has 3 aliphatic rings. The monoisotopic (exact) mass is 296 g/mol. The van der Waals surface area contributed by atoms with Crippen LogP contribution >= 0.6 is 0 Å². The zero-order valence-corrected chi connectivity index (χ0v) is 13.9. The van der Waals surface area contributed by atoms with Gasteiger partial charge in [-0.1, -0.05) is 13.8 Å². The van der Waals surface area contributed by atoms with Gasteiger partial charge in [-0.25, -0.2) is 0 Å². The van der Waals surface area contributed by atoms with E-state index in [0.717, 1.165) is 37.5 Å². The molecule has 0 bridgehead atoms. The zero-order valence-electron chi connectivity index (χ0n) is 13.9. The van der Waals surface area contributed by atoms with Crippen LogP contribution in [0.25, 0.3) is 0 Å². The Morgan fingerprint density at radius 2 is 1.62 bits per heavy atom. The fourth-order valence-corrected chi connectivity index (χ4v) is 5.31. The van der Waals surface area contributed by atoms with Gasteiger partial charge in [0.05, 0.1) is 18.3 Å². The van der Waals surface area contributed by atoms with Gasteiger partial charge in [-0.15, -0.1) is 0 Å². The van der Waals surface area contributed by atoms with Crippen molar-refractivity contribution in [2.75, 3.05) is 13.2 Å². The van der Waals surface area contributed by atoms with Gasteiger partial charge in [0.1, 0.15) is 0 Å². The molecule has 0 heterocycles. The quantitative estimate of drug-likeness (QED) is 0.838. The van der Waals surface area contributed by atoms with Crippen LogP contribution in [0.15, 0.2) is 0 Å². The first-order valence-corrected chi connectivity index (χ1v) is 8.83. The SMILES string of the molecule is CCOCC1(O)CCC([C@H]2CCC3(C)[C@H](O)[C@@]3(C)C2)CC1. The van der Waals surface area contributed by atoms with Crippen LogP contribution in [0.2, 0.25) is 0 Å². The summed E-state index contributed by atoms with van der Waals surface area (Å²) in [6.07, 6.45) is 7.53. The van der Waals surface area contributed by atoms with Crippen molar-refractivity contribution < 1.29 is 14.9 Å². The van der Waals surface area contributed by atoms with Crippen molar-refractivity contribution in [3.05, 3.63) is 0 Å². The Morgan fingerprint density at radius 1 is 1.00 bits per heavy atom. The van der Waals surface area contributed by atoms with Crippen LogP contribution in [-0.4, -0.2) is 35.1 Å². The van der Waals surface area contributed by atoms with E-state index in [0.29, 0.717) is 13.2 Å². The molecule has 0 radical (unpaired) electrons. The van der Waals surface area contributed by atoms with Crippen LogP contribution in [0.5, 0.6) is 0 Å². The van der Waals surface area contributed by atoms with Gasteiger partial charge in [-0.2, -0.15) is 0 Å². The minimum Gasteiger partial charge on any atom is -0.392 e. The molecule has 0 amide bonds. The number of aliphatic hydroxyl groups is 2. The second-order valence-corrected chi connectivity index (χ2v) is 8.44. The van der Waals surface area contributed by atoms with Crippen molar-refractivity contribution in [1.29, 1.82) is 0 Å². The molecule has 3 aliphatic carbocycles.